The largest absolute Gasteiger partial charge is 0.480 e. The third-order valence-corrected chi connectivity index (χ3v) is 3.34. The van der Waals surface area contributed by atoms with Crippen LogP contribution in [0.25, 0.3) is 0 Å². The van der Waals surface area contributed by atoms with Crippen molar-refractivity contribution in [3.05, 3.63) is 29.3 Å². The maximum Gasteiger partial charge on any atom is 0.323 e. The molecule has 5 heteroatoms. The van der Waals surface area contributed by atoms with Gasteiger partial charge in [0.05, 0.1) is 0 Å². The molecule has 18 heavy (non-hydrogen) atoms. The number of carboxylic acids is 1. The molecule has 1 aliphatic rings. The Kier molecular flexibility index (Phi) is 3.57. The molecule has 0 saturated heterocycles. The van der Waals surface area contributed by atoms with Crippen molar-refractivity contribution in [2.45, 2.75) is 13.3 Å². The van der Waals surface area contributed by atoms with Crippen molar-refractivity contribution < 1.29 is 14.7 Å². The molecule has 1 aromatic rings. The van der Waals surface area contributed by atoms with Gasteiger partial charge >= 0.3 is 5.97 Å². The summed E-state index contributed by atoms with van der Waals surface area (Å²) in [5, 5.41) is 9.39. The molecule has 0 heterocycles. The minimum Gasteiger partial charge on any atom is -0.480 e. The van der Waals surface area contributed by atoms with E-state index < -0.39 is 5.97 Å². The first-order chi connectivity index (χ1) is 8.49. The van der Waals surface area contributed by atoms with Gasteiger partial charge in [-0.15, -0.1) is 0 Å². The number of anilines is 1. The minimum atomic E-state index is -1.03. The van der Waals surface area contributed by atoms with Crippen LogP contribution in [0.3, 0.4) is 0 Å². The molecule has 0 bridgehead atoms. The normalized spacial score (nSPS) is 21.4. The van der Waals surface area contributed by atoms with Crippen molar-refractivity contribution in [2.24, 2.45) is 11.8 Å². The number of carbonyl (C=O) groups excluding carboxylic acids is 1. The highest BCUT2D eigenvalue weighted by Crippen LogP contribution is 2.40. The van der Waals surface area contributed by atoms with Crippen LogP contribution in [-0.2, 0) is 9.59 Å². The average molecular weight is 268 g/mol. The number of benzene rings is 1. The zero-order chi connectivity index (χ0) is 13.3. The summed E-state index contributed by atoms with van der Waals surface area (Å²) in [4.78, 5) is 24.3. The number of aliphatic carboxylic acids is 1. The van der Waals surface area contributed by atoms with Crippen LogP contribution in [0.15, 0.2) is 24.3 Å². The van der Waals surface area contributed by atoms with Crippen molar-refractivity contribution in [1.29, 1.82) is 0 Å². The fraction of sp³-hybridized carbons (Fsp3) is 0.385. The molecule has 1 N–H and O–H groups in total. The first kappa shape index (κ1) is 12.9. The molecular formula is C13H14ClNO3. The number of hydrogen-bond acceptors (Lipinski definition) is 2. The van der Waals surface area contributed by atoms with Crippen LogP contribution < -0.4 is 4.90 Å². The molecule has 0 radical (unpaired) electrons. The molecule has 1 saturated carbocycles. The maximum atomic E-state index is 12.2. The molecule has 0 spiro atoms. The second kappa shape index (κ2) is 4.98. The van der Waals surface area contributed by atoms with E-state index in [1.807, 2.05) is 6.92 Å². The molecule has 1 aromatic carbocycles. The van der Waals surface area contributed by atoms with Crippen LogP contribution in [0.2, 0.25) is 5.02 Å². The second-order valence-electron chi connectivity index (χ2n) is 4.62. The van der Waals surface area contributed by atoms with Crippen molar-refractivity contribution >= 4 is 29.2 Å². The Morgan fingerprint density at radius 3 is 2.67 bits per heavy atom. The number of halogens is 1. The fourth-order valence-electron chi connectivity index (χ4n) is 1.94. The highest BCUT2D eigenvalue weighted by Gasteiger charge is 2.42. The van der Waals surface area contributed by atoms with Crippen LogP contribution in [0, 0.1) is 11.8 Å². The van der Waals surface area contributed by atoms with Gasteiger partial charge in [0.25, 0.3) is 0 Å². The van der Waals surface area contributed by atoms with Gasteiger partial charge in [0.15, 0.2) is 0 Å². The monoisotopic (exact) mass is 267 g/mol. The maximum absolute atomic E-state index is 12.2. The lowest BCUT2D eigenvalue weighted by Crippen LogP contribution is -2.37. The van der Waals surface area contributed by atoms with E-state index in [4.69, 9.17) is 16.7 Å². The van der Waals surface area contributed by atoms with Gasteiger partial charge in [-0.25, -0.2) is 0 Å². The summed E-state index contributed by atoms with van der Waals surface area (Å²) >= 11 is 5.87. The van der Waals surface area contributed by atoms with Gasteiger partial charge in [-0.1, -0.05) is 24.6 Å². The van der Waals surface area contributed by atoms with E-state index in [1.54, 1.807) is 24.3 Å². The summed E-state index contributed by atoms with van der Waals surface area (Å²) in [6.07, 6.45) is 0.829. The number of carboxylic acid groups (broad SMARTS) is 1. The molecule has 2 rings (SSSR count). The van der Waals surface area contributed by atoms with Crippen molar-refractivity contribution in [1.82, 2.24) is 0 Å². The molecule has 4 nitrogen and oxygen atoms in total. The summed E-state index contributed by atoms with van der Waals surface area (Å²) in [5.74, 6) is -0.875. The van der Waals surface area contributed by atoms with E-state index in [2.05, 4.69) is 0 Å². The Morgan fingerprint density at radius 2 is 2.17 bits per heavy atom. The molecule has 1 amide bonds. The zero-order valence-corrected chi connectivity index (χ0v) is 10.7. The lowest BCUT2D eigenvalue weighted by molar-refractivity contribution is -0.136. The van der Waals surface area contributed by atoms with Gasteiger partial charge in [-0.2, -0.15) is 0 Å². The molecule has 1 aliphatic carbocycles. The van der Waals surface area contributed by atoms with Crippen LogP contribution in [0.4, 0.5) is 5.69 Å². The summed E-state index contributed by atoms with van der Waals surface area (Å²) in [6.45, 7) is 1.65. The zero-order valence-electron chi connectivity index (χ0n) is 9.97. The SMILES string of the molecule is CC1CC1C(=O)N(CC(=O)O)c1cccc(Cl)c1. The number of carbonyl (C=O) groups is 2. The third kappa shape index (κ3) is 2.82. The third-order valence-electron chi connectivity index (χ3n) is 3.11. The predicted molar refractivity (Wildman–Crippen MR) is 68.7 cm³/mol. The van der Waals surface area contributed by atoms with Crippen LogP contribution >= 0.6 is 11.6 Å². The standard InChI is InChI=1S/C13H14ClNO3/c1-8-5-11(8)13(18)15(7-12(16)17)10-4-2-3-9(14)6-10/h2-4,6,8,11H,5,7H2,1H3,(H,16,17). The Bertz CT molecular complexity index is 489. The Morgan fingerprint density at radius 1 is 1.50 bits per heavy atom. The van der Waals surface area contributed by atoms with E-state index in [0.717, 1.165) is 6.42 Å². The lowest BCUT2D eigenvalue weighted by atomic mass is 10.2. The average Bonchev–Trinajstić information content (AvgIpc) is 3.02. The van der Waals surface area contributed by atoms with E-state index in [0.29, 0.717) is 16.6 Å². The predicted octanol–water partition coefficient (Wildman–Crippen LogP) is 2.41. The van der Waals surface area contributed by atoms with Gasteiger partial charge in [0.2, 0.25) is 5.91 Å². The molecule has 96 valence electrons. The Hall–Kier alpha value is -1.55. The van der Waals surface area contributed by atoms with E-state index >= 15 is 0 Å². The molecule has 0 aromatic heterocycles. The quantitative estimate of drug-likeness (QED) is 0.911. The van der Waals surface area contributed by atoms with Gasteiger partial charge in [-0.3, -0.25) is 9.59 Å². The summed E-state index contributed by atoms with van der Waals surface area (Å²) in [6, 6.07) is 6.69. The second-order valence-corrected chi connectivity index (χ2v) is 5.05. The molecule has 1 fully saturated rings. The van der Waals surface area contributed by atoms with Gasteiger partial charge in [0.1, 0.15) is 6.54 Å². The van der Waals surface area contributed by atoms with Crippen molar-refractivity contribution in [3.8, 4) is 0 Å². The smallest absolute Gasteiger partial charge is 0.323 e. The lowest BCUT2D eigenvalue weighted by Gasteiger charge is -2.21. The minimum absolute atomic E-state index is 0.0525. The Labute approximate surface area is 110 Å². The first-order valence-corrected chi connectivity index (χ1v) is 6.15. The van der Waals surface area contributed by atoms with Crippen LogP contribution in [0.5, 0.6) is 0 Å². The van der Waals surface area contributed by atoms with Gasteiger partial charge in [-0.05, 0) is 30.5 Å². The van der Waals surface area contributed by atoms with E-state index in [-0.39, 0.29) is 18.4 Å². The summed E-state index contributed by atoms with van der Waals surface area (Å²) in [7, 11) is 0. The molecule has 2 atom stereocenters. The van der Waals surface area contributed by atoms with Crippen molar-refractivity contribution in [3.63, 3.8) is 0 Å². The van der Waals surface area contributed by atoms with Gasteiger partial charge in [0, 0.05) is 16.6 Å². The van der Waals surface area contributed by atoms with Crippen LogP contribution in [0.1, 0.15) is 13.3 Å². The number of hydrogen-bond donors (Lipinski definition) is 1. The highest BCUT2D eigenvalue weighted by molar-refractivity contribution is 6.31. The number of rotatable bonds is 4. The number of nitrogens with zero attached hydrogens (tertiary/aromatic N) is 1. The van der Waals surface area contributed by atoms with E-state index in [1.165, 1.54) is 4.90 Å². The van der Waals surface area contributed by atoms with Gasteiger partial charge < -0.3 is 10.0 Å². The topological polar surface area (TPSA) is 57.6 Å². The fourth-order valence-corrected chi connectivity index (χ4v) is 2.13. The van der Waals surface area contributed by atoms with E-state index in [9.17, 15) is 9.59 Å². The van der Waals surface area contributed by atoms with Crippen molar-refractivity contribution in [2.75, 3.05) is 11.4 Å². The highest BCUT2D eigenvalue weighted by atomic mass is 35.5. The Balaban J connectivity index is 2.24. The molecule has 0 aliphatic heterocycles. The van der Waals surface area contributed by atoms with Crippen LogP contribution in [-0.4, -0.2) is 23.5 Å². The summed E-state index contributed by atoms with van der Waals surface area (Å²) in [5.41, 5.74) is 0.536. The molecular weight excluding hydrogens is 254 g/mol. The molecule has 2 unspecified atom stereocenters. The summed E-state index contributed by atoms with van der Waals surface area (Å²) < 4.78 is 0. The first-order valence-electron chi connectivity index (χ1n) is 5.78. The number of amides is 1.